The van der Waals surface area contributed by atoms with Gasteiger partial charge in [0.15, 0.2) is 8.32 Å². The normalized spacial score (nSPS) is 20.2. The predicted molar refractivity (Wildman–Crippen MR) is 86.3 cm³/mol. The van der Waals surface area contributed by atoms with E-state index in [2.05, 4.69) is 26.6 Å². The Morgan fingerprint density at radius 2 is 1.95 bits per heavy atom. The Morgan fingerprint density at radius 3 is 2.48 bits per heavy atom. The lowest BCUT2D eigenvalue weighted by Crippen LogP contribution is -2.47. The van der Waals surface area contributed by atoms with Crippen LogP contribution in [0.2, 0.25) is 19.6 Å². The fourth-order valence-corrected chi connectivity index (χ4v) is 4.93. The van der Waals surface area contributed by atoms with Gasteiger partial charge >= 0.3 is 0 Å². The summed E-state index contributed by atoms with van der Waals surface area (Å²) in [5.41, 5.74) is 0.607. The van der Waals surface area contributed by atoms with Crippen LogP contribution >= 0.6 is 0 Å². The first-order chi connectivity index (χ1) is 9.87. The van der Waals surface area contributed by atoms with Gasteiger partial charge in [-0.15, -0.1) is 0 Å². The fraction of sp³-hybridized carbons (Fsp3) is 0.647. The first kappa shape index (κ1) is 16.7. The molecule has 0 bridgehead atoms. The lowest BCUT2D eigenvalue weighted by atomic mass is 9.75. The Kier molecular flexibility index (Phi) is 5.23. The van der Waals surface area contributed by atoms with Crippen molar-refractivity contribution in [3.8, 4) is 0 Å². The van der Waals surface area contributed by atoms with Crippen molar-refractivity contribution < 1.29 is 13.6 Å². The lowest BCUT2D eigenvalue weighted by Gasteiger charge is -2.46. The van der Waals surface area contributed by atoms with Crippen molar-refractivity contribution >= 4 is 8.32 Å². The molecule has 0 radical (unpaired) electrons. The summed E-state index contributed by atoms with van der Waals surface area (Å²) in [5, 5.41) is 0. The third kappa shape index (κ3) is 3.93. The van der Waals surface area contributed by atoms with Gasteiger partial charge < -0.3 is 9.16 Å². The third-order valence-corrected chi connectivity index (χ3v) is 5.18. The molecule has 1 aliphatic heterocycles. The van der Waals surface area contributed by atoms with Crippen molar-refractivity contribution in [2.75, 3.05) is 13.2 Å². The molecule has 4 heteroatoms. The molecule has 0 saturated carbocycles. The van der Waals surface area contributed by atoms with Crippen LogP contribution in [0.25, 0.3) is 0 Å². The molecule has 1 atom stereocenters. The zero-order valence-corrected chi connectivity index (χ0v) is 14.6. The van der Waals surface area contributed by atoms with E-state index in [0.717, 1.165) is 38.0 Å². The standard InChI is InChI=1S/C17H27FO2Si/c1-5-17(20-21(2,3)4,14-9-11-19-12-10-14)15-7-6-8-16(18)13-15/h6-8,13-14H,5,9-12H2,1-4H3. The van der Waals surface area contributed by atoms with Crippen molar-refractivity contribution in [3.63, 3.8) is 0 Å². The molecule has 2 nitrogen and oxygen atoms in total. The average Bonchev–Trinajstić information content (AvgIpc) is 2.45. The van der Waals surface area contributed by atoms with Gasteiger partial charge in [-0.25, -0.2) is 4.39 Å². The molecule has 1 fully saturated rings. The summed E-state index contributed by atoms with van der Waals surface area (Å²) in [6, 6.07) is 6.96. The van der Waals surface area contributed by atoms with E-state index < -0.39 is 8.32 Å². The first-order valence-corrected chi connectivity index (χ1v) is 11.3. The second-order valence-electron chi connectivity index (χ2n) is 6.85. The van der Waals surface area contributed by atoms with Crippen molar-refractivity contribution in [1.29, 1.82) is 0 Å². The molecule has 1 saturated heterocycles. The number of benzene rings is 1. The quantitative estimate of drug-likeness (QED) is 0.733. The summed E-state index contributed by atoms with van der Waals surface area (Å²) in [7, 11) is -1.76. The molecule has 0 amide bonds. The maximum atomic E-state index is 13.8. The van der Waals surface area contributed by atoms with Crippen LogP contribution in [0.5, 0.6) is 0 Å². The SMILES string of the molecule is CCC(O[Si](C)(C)C)(c1cccc(F)c1)C1CCOCC1. The van der Waals surface area contributed by atoms with Crippen LogP contribution in [0.4, 0.5) is 4.39 Å². The van der Waals surface area contributed by atoms with Gasteiger partial charge in [-0.05, 0) is 62.5 Å². The third-order valence-electron chi connectivity index (χ3n) is 4.21. The molecule has 2 rings (SSSR count). The minimum absolute atomic E-state index is 0.184. The molecule has 0 aromatic heterocycles. The minimum atomic E-state index is -1.76. The van der Waals surface area contributed by atoms with E-state index >= 15 is 0 Å². The van der Waals surface area contributed by atoms with E-state index in [-0.39, 0.29) is 11.4 Å². The van der Waals surface area contributed by atoms with E-state index in [1.807, 2.05) is 6.07 Å². The van der Waals surface area contributed by atoms with E-state index in [4.69, 9.17) is 9.16 Å². The molecule has 0 N–H and O–H groups in total. The van der Waals surface area contributed by atoms with Gasteiger partial charge in [-0.2, -0.15) is 0 Å². The van der Waals surface area contributed by atoms with Crippen molar-refractivity contribution in [1.82, 2.24) is 0 Å². The number of halogens is 1. The fourth-order valence-electron chi connectivity index (χ4n) is 3.40. The summed E-state index contributed by atoms with van der Waals surface area (Å²) in [6.07, 6.45) is 2.83. The highest BCUT2D eigenvalue weighted by atomic mass is 28.4. The number of rotatable bonds is 5. The smallest absolute Gasteiger partial charge is 0.184 e. The number of hydrogen-bond donors (Lipinski definition) is 0. The van der Waals surface area contributed by atoms with Crippen molar-refractivity contribution in [2.45, 2.75) is 51.4 Å². The molecule has 1 aromatic carbocycles. The molecule has 1 heterocycles. The Balaban J connectivity index is 2.44. The maximum absolute atomic E-state index is 13.8. The van der Waals surface area contributed by atoms with Crippen LogP contribution in [0, 0.1) is 11.7 Å². The Morgan fingerprint density at radius 1 is 1.29 bits per heavy atom. The molecule has 0 spiro atoms. The summed E-state index contributed by atoms with van der Waals surface area (Å²) >= 11 is 0. The first-order valence-electron chi connectivity index (χ1n) is 7.91. The summed E-state index contributed by atoms with van der Waals surface area (Å²) < 4.78 is 25.9. The van der Waals surface area contributed by atoms with E-state index in [1.165, 1.54) is 6.07 Å². The Bertz CT molecular complexity index is 466. The van der Waals surface area contributed by atoms with E-state index in [1.54, 1.807) is 12.1 Å². The van der Waals surface area contributed by atoms with E-state index in [9.17, 15) is 4.39 Å². The van der Waals surface area contributed by atoms with Gasteiger partial charge in [0.05, 0.1) is 5.60 Å². The highest BCUT2D eigenvalue weighted by Gasteiger charge is 2.43. The maximum Gasteiger partial charge on any atom is 0.184 e. The lowest BCUT2D eigenvalue weighted by molar-refractivity contribution is -0.0601. The molecule has 118 valence electrons. The van der Waals surface area contributed by atoms with Crippen LogP contribution in [0.1, 0.15) is 31.7 Å². The number of ether oxygens (including phenoxy) is 1. The van der Waals surface area contributed by atoms with Gasteiger partial charge in [-0.3, -0.25) is 0 Å². The molecule has 1 aliphatic rings. The molecular weight excluding hydrogens is 283 g/mol. The van der Waals surface area contributed by atoms with Crippen molar-refractivity contribution in [3.05, 3.63) is 35.6 Å². The zero-order valence-electron chi connectivity index (χ0n) is 13.6. The summed E-state index contributed by atoms with van der Waals surface area (Å²) in [5.74, 6) is 0.210. The van der Waals surface area contributed by atoms with Crippen LogP contribution < -0.4 is 0 Å². The zero-order chi connectivity index (χ0) is 15.5. The van der Waals surface area contributed by atoms with Crippen LogP contribution in [0.3, 0.4) is 0 Å². The largest absolute Gasteiger partial charge is 0.408 e. The molecule has 21 heavy (non-hydrogen) atoms. The highest BCUT2D eigenvalue weighted by molar-refractivity contribution is 6.69. The van der Waals surface area contributed by atoms with Crippen molar-refractivity contribution in [2.24, 2.45) is 5.92 Å². The van der Waals surface area contributed by atoms with Gasteiger partial charge in [0.25, 0.3) is 0 Å². The van der Waals surface area contributed by atoms with Gasteiger partial charge in [0.2, 0.25) is 0 Å². The van der Waals surface area contributed by atoms with Crippen LogP contribution in [-0.4, -0.2) is 21.5 Å². The molecule has 1 aromatic rings. The summed E-state index contributed by atoms with van der Waals surface area (Å²) in [6.45, 7) is 10.3. The number of hydrogen-bond acceptors (Lipinski definition) is 2. The average molecular weight is 310 g/mol. The monoisotopic (exact) mass is 310 g/mol. The van der Waals surface area contributed by atoms with Gasteiger partial charge in [-0.1, -0.05) is 19.1 Å². The second kappa shape index (κ2) is 6.59. The van der Waals surface area contributed by atoms with E-state index in [0.29, 0.717) is 5.92 Å². The topological polar surface area (TPSA) is 18.5 Å². The Hall–Kier alpha value is -0.713. The molecule has 0 aliphatic carbocycles. The minimum Gasteiger partial charge on any atom is -0.408 e. The van der Waals surface area contributed by atoms with Crippen LogP contribution in [-0.2, 0) is 14.8 Å². The summed E-state index contributed by atoms with van der Waals surface area (Å²) in [4.78, 5) is 0. The van der Waals surface area contributed by atoms with Crippen LogP contribution in [0.15, 0.2) is 24.3 Å². The van der Waals surface area contributed by atoms with Gasteiger partial charge in [0, 0.05) is 13.2 Å². The molecule has 1 unspecified atom stereocenters. The second-order valence-corrected chi connectivity index (χ2v) is 11.3. The van der Waals surface area contributed by atoms with Gasteiger partial charge in [0.1, 0.15) is 5.82 Å². The highest BCUT2D eigenvalue weighted by Crippen LogP contribution is 2.44. The molecular formula is C17H27FO2Si. The Labute approximate surface area is 128 Å². The predicted octanol–water partition coefficient (Wildman–Crippen LogP) is 4.71.